The van der Waals surface area contributed by atoms with E-state index in [1.807, 2.05) is 35.2 Å². The van der Waals surface area contributed by atoms with E-state index in [-0.39, 0.29) is 46.7 Å². The van der Waals surface area contributed by atoms with Gasteiger partial charge in [-0.2, -0.15) is 9.97 Å². The molecule has 0 radical (unpaired) electrons. The van der Waals surface area contributed by atoms with Crippen molar-refractivity contribution in [3.8, 4) is 17.3 Å². The van der Waals surface area contributed by atoms with E-state index in [9.17, 15) is 9.59 Å². The second-order valence-electron chi connectivity index (χ2n) is 14.0. The molecule has 4 atom stereocenters. The second-order valence-corrected chi connectivity index (χ2v) is 14.5. The zero-order chi connectivity index (χ0) is 32.7. The van der Waals surface area contributed by atoms with Crippen LogP contribution in [0.5, 0.6) is 6.01 Å². The number of aromatic nitrogens is 3. The van der Waals surface area contributed by atoms with Gasteiger partial charge in [-0.3, -0.25) is 19.5 Å². The van der Waals surface area contributed by atoms with Crippen LogP contribution in [-0.4, -0.2) is 93.1 Å². The minimum absolute atomic E-state index is 0.0344. The van der Waals surface area contributed by atoms with Crippen molar-refractivity contribution in [1.29, 1.82) is 0 Å². The third kappa shape index (κ3) is 4.57. The van der Waals surface area contributed by atoms with Crippen molar-refractivity contribution in [3.05, 3.63) is 53.4 Å². The number of fused-ring (bicyclic) bond motifs is 5. The highest BCUT2D eigenvalue weighted by Crippen LogP contribution is 2.42. The Kier molecular flexibility index (Phi) is 7.02. The van der Waals surface area contributed by atoms with Gasteiger partial charge < -0.3 is 19.3 Å². The largest absolute Gasteiger partial charge is 0.461 e. The molecular weight excluding hydrogens is 635 g/mol. The summed E-state index contributed by atoms with van der Waals surface area (Å²) in [6.45, 7) is 5.32. The van der Waals surface area contributed by atoms with E-state index in [0.29, 0.717) is 41.5 Å². The van der Waals surface area contributed by atoms with E-state index in [2.05, 4.69) is 14.8 Å². The number of halogens is 2. The molecule has 5 saturated heterocycles. The first-order valence-electron chi connectivity index (χ1n) is 17.0. The molecule has 248 valence electrons. The van der Waals surface area contributed by atoms with Crippen molar-refractivity contribution in [3.63, 3.8) is 0 Å². The molecule has 1 amide bonds. The van der Waals surface area contributed by atoms with Crippen LogP contribution >= 0.6 is 11.6 Å². The Morgan fingerprint density at radius 1 is 1.08 bits per heavy atom. The number of ether oxygens (including phenoxy) is 2. The lowest BCUT2D eigenvalue weighted by Crippen LogP contribution is -2.62. The molecule has 0 N–H and O–H groups in total. The van der Waals surface area contributed by atoms with E-state index in [4.69, 9.17) is 31.0 Å². The van der Waals surface area contributed by atoms with Gasteiger partial charge in [0, 0.05) is 47.3 Å². The summed E-state index contributed by atoms with van der Waals surface area (Å²) >= 11 is 6.64. The third-order valence-electron chi connectivity index (χ3n) is 11.4. The Balaban J connectivity index is 1.11. The van der Waals surface area contributed by atoms with E-state index in [1.54, 1.807) is 19.2 Å². The summed E-state index contributed by atoms with van der Waals surface area (Å²) in [5.74, 6) is -0.919. The zero-order valence-electron chi connectivity index (χ0n) is 26.7. The number of hydrogen-bond donors (Lipinski definition) is 0. The van der Waals surface area contributed by atoms with Gasteiger partial charge in [-0.15, -0.1) is 0 Å². The van der Waals surface area contributed by atoms with Gasteiger partial charge in [-0.1, -0.05) is 41.9 Å². The van der Waals surface area contributed by atoms with Crippen LogP contribution in [0.25, 0.3) is 32.9 Å². The number of hydrogen-bond acceptors (Lipinski definition) is 9. The maximum absolute atomic E-state index is 16.9. The van der Waals surface area contributed by atoms with Gasteiger partial charge in [0.1, 0.15) is 29.6 Å². The van der Waals surface area contributed by atoms with E-state index in [0.717, 1.165) is 62.4 Å². The van der Waals surface area contributed by atoms with E-state index in [1.165, 1.54) is 0 Å². The molecule has 9 rings (SSSR count). The first-order valence-corrected chi connectivity index (χ1v) is 17.4. The molecule has 2 aromatic carbocycles. The zero-order valence-corrected chi connectivity index (χ0v) is 27.5. The van der Waals surface area contributed by atoms with Crippen molar-refractivity contribution < 1.29 is 23.5 Å². The van der Waals surface area contributed by atoms with Gasteiger partial charge in [0.2, 0.25) is 0 Å². The van der Waals surface area contributed by atoms with Gasteiger partial charge in [0.25, 0.3) is 5.91 Å². The number of benzene rings is 2. The first-order chi connectivity index (χ1) is 23.3. The Hall–Kier alpha value is -4.09. The van der Waals surface area contributed by atoms with Crippen molar-refractivity contribution in [1.82, 2.24) is 24.8 Å². The highest BCUT2D eigenvalue weighted by Gasteiger charge is 2.52. The molecule has 48 heavy (non-hydrogen) atoms. The van der Waals surface area contributed by atoms with Crippen molar-refractivity contribution in [2.24, 2.45) is 5.92 Å². The molecule has 5 fully saturated rings. The standard InChI is InChI=1S/C36H36ClFN6O4/c1-20-31(48-34(20)46)33(45)44-22-10-11-23(44)18-42(17-22)32-25-16-39-29(24-8-2-6-21-7-3-9-26(37)27(21)24)28(38)30(25)40-35(41-32)47-19-36-12-4-14-43(36)15-5-13-36/h2-3,6-9,16,20,22-23,31H,4-5,10-15,17-19H2,1H3/t20-,22?,23?,31+/m0/s1. The molecule has 0 spiro atoms. The van der Waals surface area contributed by atoms with Crippen LogP contribution in [0.4, 0.5) is 10.2 Å². The SMILES string of the molecule is C[C@@H]1C(=O)O[C@H]1C(=O)N1C2CCC1CN(c1nc(OCC34CCCN3CCC4)nc3c(F)c(-c4cccc5cccc(Cl)c45)ncc13)C2. The highest BCUT2D eigenvalue weighted by molar-refractivity contribution is 6.36. The molecule has 5 aliphatic heterocycles. The number of pyridine rings is 1. The lowest BCUT2D eigenvalue weighted by atomic mass is 9.95. The Morgan fingerprint density at radius 2 is 1.81 bits per heavy atom. The summed E-state index contributed by atoms with van der Waals surface area (Å²) < 4.78 is 28.5. The number of carbonyl (C=O) groups excluding carboxylic acids is 2. The maximum atomic E-state index is 16.9. The number of rotatable bonds is 6. The summed E-state index contributed by atoms with van der Waals surface area (Å²) in [7, 11) is 0. The fourth-order valence-electron chi connectivity index (χ4n) is 8.90. The number of piperazine rings is 1. The fraction of sp³-hybridized carbons (Fsp3) is 0.472. The second kappa shape index (κ2) is 11.2. The molecule has 7 heterocycles. The van der Waals surface area contributed by atoms with Crippen molar-refractivity contribution in [2.45, 2.75) is 69.2 Å². The minimum Gasteiger partial charge on any atom is -0.461 e. The highest BCUT2D eigenvalue weighted by atomic mass is 35.5. The Labute approximate surface area is 282 Å². The lowest BCUT2D eigenvalue weighted by molar-refractivity contribution is -0.192. The van der Waals surface area contributed by atoms with Gasteiger partial charge in [-0.25, -0.2) is 4.39 Å². The van der Waals surface area contributed by atoms with Crippen LogP contribution in [0.2, 0.25) is 5.02 Å². The van der Waals surface area contributed by atoms with Crippen LogP contribution in [-0.2, 0) is 14.3 Å². The number of nitrogens with zero attached hydrogens (tertiary/aromatic N) is 6. The third-order valence-corrected chi connectivity index (χ3v) is 11.7. The summed E-state index contributed by atoms with van der Waals surface area (Å²) in [6, 6.07) is 11.2. The summed E-state index contributed by atoms with van der Waals surface area (Å²) in [5.41, 5.74) is 0.848. The predicted molar refractivity (Wildman–Crippen MR) is 178 cm³/mol. The molecule has 0 saturated carbocycles. The molecule has 5 aliphatic rings. The van der Waals surface area contributed by atoms with Crippen molar-refractivity contribution in [2.75, 3.05) is 37.7 Å². The Bertz CT molecular complexity index is 1960. The summed E-state index contributed by atoms with van der Waals surface area (Å²) in [6.07, 6.45) is 6.96. The monoisotopic (exact) mass is 670 g/mol. The number of cyclic esters (lactones) is 1. The van der Waals surface area contributed by atoms with Gasteiger partial charge in [0.15, 0.2) is 11.9 Å². The molecule has 2 aromatic heterocycles. The first kappa shape index (κ1) is 30.0. The maximum Gasteiger partial charge on any atom is 0.319 e. The quantitative estimate of drug-likeness (QED) is 0.250. The smallest absolute Gasteiger partial charge is 0.319 e. The van der Waals surface area contributed by atoms with Gasteiger partial charge in [0.05, 0.1) is 10.9 Å². The predicted octanol–water partition coefficient (Wildman–Crippen LogP) is 5.39. The normalized spacial score (nSPS) is 26.2. The number of carbonyl (C=O) groups is 2. The minimum atomic E-state index is -0.726. The number of anilines is 1. The summed E-state index contributed by atoms with van der Waals surface area (Å²) in [5, 5.41) is 2.61. The average molecular weight is 671 g/mol. The van der Waals surface area contributed by atoms with E-state index >= 15 is 4.39 Å². The molecule has 2 bridgehead atoms. The van der Waals surface area contributed by atoms with Gasteiger partial charge in [-0.05, 0) is 70.0 Å². The summed E-state index contributed by atoms with van der Waals surface area (Å²) in [4.78, 5) is 46.0. The van der Waals surface area contributed by atoms with E-state index < -0.39 is 17.8 Å². The molecular formula is C36H36ClFN6O4. The van der Waals surface area contributed by atoms with Crippen LogP contribution in [0.15, 0.2) is 42.6 Å². The molecule has 2 unspecified atom stereocenters. The van der Waals surface area contributed by atoms with Crippen LogP contribution in [0, 0.1) is 11.7 Å². The molecule has 10 nitrogen and oxygen atoms in total. The van der Waals surface area contributed by atoms with Crippen LogP contribution in [0.3, 0.4) is 0 Å². The Morgan fingerprint density at radius 3 is 2.52 bits per heavy atom. The van der Waals surface area contributed by atoms with Crippen molar-refractivity contribution >= 4 is 51.0 Å². The molecule has 4 aromatic rings. The number of esters is 1. The number of amides is 1. The van der Waals surface area contributed by atoms with Gasteiger partial charge >= 0.3 is 12.0 Å². The lowest BCUT2D eigenvalue weighted by Gasteiger charge is -2.44. The molecule has 0 aliphatic carbocycles. The average Bonchev–Trinajstić information content (AvgIpc) is 3.76. The fourth-order valence-corrected chi connectivity index (χ4v) is 9.18. The van der Waals surface area contributed by atoms with Crippen LogP contribution in [0.1, 0.15) is 45.4 Å². The van der Waals surface area contributed by atoms with Crippen LogP contribution < -0.4 is 9.64 Å². The molecule has 12 heteroatoms. The topological polar surface area (TPSA) is 101 Å².